The molecule has 27 heavy (non-hydrogen) atoms. The Hall–Kier alpha value is -2.08. The quantitative estimate of drug-likeness (QED) is 0.714. The second-order valence-corrected chi connectivity index (χ2v) is 6.84. The van der Waals surface area contributed by atoms with Gasteiger partial charge in [-0.1, -0.05) is 33.6 Å². The maximum Gasteiger partial charge on any atom is 0.248 e. The van der Waals surface area contributed by atoms with E-state index >= 15 is 0 Å². The van der Waals surface area contributed by atoms with Crippen molar-refractivity contribution in [2.75, 3.05) is 19.7 Å². The summed E-state index contributed by atoms with van der Waals surface area (Å²) in [5.74, 6) is 1.37. The Labute approximate surface area is 162 Å². The zero-order valence-corrected chi connectivity index (χ0v) is 16.8. The molecular weight excluding hydrogens is 342 g/mol. The lowest BCUT2D eigenvalue weighted by atomic mass is 9.77. The number of carbonyl (C=O) groups is 1. The molecule has 2 N–H and O–H groups in total. The molecule has 1 aliphatic carbocycles. The maximum absolute atomic E-state index is 11.3. The number of nitrogens with zero attached hydrogens (tertiary/aromatic N) is 1. The molecular formula is C21H33N3O3. The van der Waals surface area contributed by atoms with Crippen molar-refractivity contribution in [3.63, 3.8) is 0 Å². The molecule has 0 aromatic carbocycles. The average Bonchev–Trinajstić information content (AvgIpc) is 3.17. The lowest BCUT2D eigenvalue weighted by molar-refractivity contribution is 0.111. The van der Waals surface area contributed by atoms with Crippen LogP contribution in [0.3, 0.4) is 0 Å². The number of hydrogen-bond acceptors (Lipinski definition) is 5. The number of aromatic nitrogens is 1. The summed E-state index contributed by atoms with van der Waals surface area (Å²) in [4.78, 5) is 25.1. The van der Waals surface area contributed by atoms with Crippen LogP contribution < -0.4 is 15.7 Å². The number of carbonyl (C=O) groups excluding carboxylic acids is 1. The molecule has 3 rings (SSSR count). The zero-order chi connectivity index (χ0) is 19.6. The number of aldehydes is 1. The summed E-state index contributed by atoms with van der Waals surface area (Å²) in [6, 6.07) is 1.28. The van der Waals surface area contributed by atoms with Crippen LogP contribution in [0.15, 0.2) is 28.8 Å². The van der Waals surface area contributed by atoms with Crippen LogP contribution in [-0.2, 0) is 0 Å². The monoisotopic (exact) mass is 375 g/mol. The number of H-pyrrole nitrogens is 1. The fourth-order valence-corrected chi connectivity index (χ4v) is 3.93. The largest absolute Gasteiger partial charge is 0.491 e. The van der Waals surface area contributed by atoms with Crippen molar-refractivity contribution in [2.45, 2.75) is 52.9 Å². The van der Waals surface area contributed by atoms with E-state index in [1.807, 2.05) is 13.8 Å². The second-order valence-electron chi connectivity index (χ2n) is 6.84. The molecule has 6 heteroatoms. The lowest BCUT2D eigenvalue weighted by Gasteiger charge is -2.36. The average molecular weight is 376 g/mol. The highest BCUT2D eigenvalue weighted by Gasteiger charge is 2.32. The number of rotatable bonds is 7. The fraction of sp³-hybridized carbons (Fsp3) is 0.619. The number of hydrazine groups is 1. The first-order chi connectivity index (χ1) is 13.2. The van der Waals surface area contributed by atoms with Gasteiger partial charge in [0.05, 0.1) is 12.2 Å². The molecule has 1 saturated carbocycles. The molecule has 0 spiro atoms. The van der Waals surface area contributed by atoms with Crippen molar-refractivity contribution in [1.82, 2.24) is 15.4 Å². The molecule has 1 aromatic heterocycles. The van der Waals surface area contributed by atoms with Gasteiger partial charge in [0.15, 0.2) is 6.29 Å². The summed E-state index contributed by atoms with van der Waals surface area (Å²) >= 11 is 0. The molecule has 0 saturated heterocycles. The van der Waals surface area contributed by atoms with E-state index in [2.05, 4.69) is 28.4 Å². The van der Waals surface area contributed by atoms with Crippen LogP contribution in [0.2, 0.25) is 0 Å². The maximum atomic E-state index is 11.3. The molecule has 1 aliphatic heterocycles. The van der Waals surface area contributed by atoms with Crippen LogP contribution in [-0.4, -0.2) is 36.0 Å². The second kappa shape index (κ2) is 10.9. The first kappa shape index (κ1) is 21.2. The highest BCUT2D eigenvalue weighted by molar-refractivity contribution is 5.78. The van der Waals surface area contributed by atoms with E-state index in [1.54, 1.807) is 0 Å². The van der Waals surface area contributed by atoms with Crippen LogP contribution in [0.4, 0.5) is 0 Å². The fourth-order valence-electron chi connectivity index (χ4n) is 3.93. The van der Waals surface area contributed by atoms with Crippen LogP contribution in [0, 0.1) is 11.8 Å². The van der Waals surface area contributed by atoms with Crippen molar-refractivity contribution in [2.24, 2.45) is 11.8 Å². The van der Waals surface area contributed by atoms with Crippen molar-refractivity contribution < 1.29 is 9.53 Å². The van der Waals surface area contributed by atoms with Gasteiger partial charge >= 0.3 is 0 Å². The minimum Gasteiger partial charge on any atom is -0.491 e. The van der Waals surface area contributed by atoms with E-state index in [9.17, 15) is 9.59 Å². The van der Waals surface area contributed by atoms with Gasteiger partial charge in [0, 0.05) is 42.9 Å². The van der Waals surface area contributed by atoms with Crippen LogP contribution in [0.1, 0.15) is 63.2 Å². The summed E-state index contributed by atoms with van der Waals surface area (Å²) in [5, 5.41) is 2.29. The summed E-state index contributed by atoms with van der Waals surface area (Å²) in [7, 11) is 0. The number of hydrogen-bond donors (Lipinski definition) is 2. The predicted molar refractivity (Wildman–Crippen MR) is 108 cm³/mol. The van der Waals surface area contributed by atoms with Gasteiger partial charge in [-0.3, -0.25) is 9.59 Å². The molecule has 0 bridgehead atoms. The van der Waals surface area contributed by atoms with Crippen LogP contribution in [0.25, 0.3) is 0 Å². The van der Waals surface area contributed by atoms with E-state index in [0.29, 0.717) is 36.0 Å². The first-order valence-corrected chi connectivity index (χ1v) is 10.2. The van der Waals surface area contributed by atoms with Gasteiger partial charge in [0.2, 0.25) is 5.56 Å². The molecule has 2 atom stereocenters. The van der Waals surface area contributed by atoms with Gasteiger partial charge in [-0.15, -0.1) is 0 Å². The Balaban J connectivity index is 0.00000126. The Kier molecular flexibility index (Phi) is 8.58. The first-order valence-electron chi connectivity index (χ1n) is 10.2. The number of ether oxygens (including phenoxy) is 1. The van der Waals surface area contributed by atoms with E-state index in [0.717, 1.165) is 25.9 Å². The molecule has 2 aliphatic rings. The third kappa shape index (κ3) is 5.45. The highest BCUT2D eigenvalue weighted by atomic mass is 16.5. The van der Waals surface area contributed by atoms with E-state index < -0.39 is 0 Å². The minimum absolute atomic E-state index is 0.289. The smallest absolute Gasteiger partial charge is 0.248 e. The third-order valence-electron chi connectivity index (χ3n) is 5.14. The molecule has 1 aromatic rings. The van der Waals surface area contributed by atoms with Gasteiger partial charge in [-0.05, 0) is 25.3 Å². The van der Waals surface area contributed by atoms with Crippen molar-refractivity contribution >= 4 is 6.29 Å². The van der Waals surface area contributed by atoms with E-state index in [1.165, 1.54) is 37.2 Å². The van der Waals surface area contributed by atoms with Crippen molar-refractivity contribution in [3.8, 4) is 5.75 Å². The summed E-state index contributed by atoms with van der Waals surface area (Å²) in [6.45, 7) is 8.67. The summed E-state index contributed by atoms with van der Waals surface area (Å²) in [6.07, 6.45) is 10.3. The minimum atomic E-state index is -0.289. The van der Waals surface area contributed by atoms with Crippen molar-refractivity contribution in [3.05, 3.63) is 40.0 Å². The van der Waals surface area contributed by atoms with Gasteiger partial charge in [-0.25, -0.2) is 5.43 Å². The van der Waals surface area contributed by atoms with Crippen LogP contribution >= 0.6 is 0 Å². The molecule has 0 radical (unpaired) electrons. The van der Waals surface area contributed by atoms with Gasteiger partial charge in [0.25, 0.3) is 0 Å². The molecule has 1 fully saturated rings. The molecule has 2 heterocycles. The Morgan fingerprint density at radius 1 is 1.30 bits per heavy atom. The molecule has 0 amide bonds. The normalized spacial score (nSPS) is 21.9. The summed E-state index contributed by atoms with van der Waals surface area (Å²) in [5.41, 5.74) is 4.85. The Morgan fingerprint density at radius 2 is 2.07 bits per heavy atom. The standard InChI is InChI=1S/C19H27N3O3.C2H6/c1-2-9-22-17(7-8-21-22)16-6-4-3-5-14(16)13-25-18-11-20-19(24)10-15(18)12-23;1-2/h7,10-12,14,16,21H,2-6,8-9,13H2,1H3,(H,20,24);1-2H3. The van der Waals surface area contributed by atoms with E-state index in [-0.39, 0.29) is 5.56 Å². The molecule has 6 nitrogen and oxygen atoms in total. The molecule has 150 valence electrons. The Morgan fingerprint density at radius 3 is 2.81 bits per heavy atom. The van der Waals surface area contributed by atoms with E-state index in [4.69, 9.17) is 4.74 Å². The number of nitrogens with one attached hydrogen (secondary N) is 2. The number of aromatic amines is 1. The van der Waals surface area contributed by atoms with Gasteiger partial charge in [0.1, 0.15) is 5.75 Å². The highest BCUT2D eigenvalue weighted by Crippen LogP contribution is 2.37. The number of pyridine rings is 1. The van der Waals surface area contributed by atoms with Gasteiger partial charge in [-0.2, -0.15) is 0 Å². The topological polar surface area (TPSA) is 74.4 Å². The third-order valence-corrected chi connectivity index (χ3v) is 5.14. The predicted octanol–water partition coefficient (Wildman–Crippen LogP) is 3.51. The van der Waals surface area contributed by atoms with Gasteiger partial charge < -0.3 is 14.7 Å². The zero-order valence-electron chi connectivity index (χ0n) is 16.8. The van der Waals surface area contributed by atoms with Crippen molar-refractivity contribution in [1.29, 1.82) is 0 Å². The summed E-state index contributed by atoms with van der Waals surface area (Å²) < 4.78 is 5.94. The molecule has 2 unspecified atom stereocenters. The SMILES string of the molecule is CC.CCCN1NCC=C1C1CCCCC1COc1c[nH]c(=O)cc1C=O. The number of allylic oxidation sites excluding steroid dienone is 1. The van der Waals surface area contributed by atoms with Crippen LogP contribution in [0.5, 0.6) is 5.75 Å². The lowest BCUT2D eigenvalue weighted by Crippen LogP contribution is -2.38. The Bertz CT molecular complexity index is 683.